The highest BCUT2D eigenvalue weighted by Crippen LogP contribution is 2.25. The van der Waals surface area contributed by atoms with Crippen LogP contribution in [0.1, 0.15) is 52.0 Å². The number of nitrogens with one attached hydrogen (secondary N) is 1. The molecule has 2 rings (SSSR count). The van der Waals surface area contributed by atoms with Crippen LogP contribution in [-0.4, -0.2) is 43.4 Å². The van der Waals surface area contributed by atoms with Gasteiger partial charge in [0.15, 0.2) is 5.72 Å². The van der Waals surface area contributed by atoms with Gasteiger partial charge in [-0.05, 0) is 29.5 Å². The summed E-state index contributed by atoms with van der Waals surface area (Å²) >= 11 is 0. The predicted octanol–water partition coefficient (Wildman–Crippen LogP) is 3.10. The molecule has 8 heteroatoms. The van der Waals surface area contributed by atoms with Gasteiger partial charge in [-0.1, -0.05) is 39.8 Å². The molecule has 0 saturated carbocycles. The highest BCUT2D eigenvalue weighted by Gasteiger charge is 2.38. The van der Waals surface area contributed by atoms with Crippen molar-refractivity contribution in [2.24, 2.45) is 11.7 Å². The fraction of sp³-hybridized carbons (Fsp3) is 0.632. The summed E-state index contributed by atoms with van der Waals surface area (Å²) in [6.07, 6.45) is -0.0954. The van der Waals surface area contributed by atoms with Crippen molar-refractivity contribution in [1.29, 1.82) is 0 Å². The number of carbonyl (C=O) groups is 1. The summed E-state index contributed by atoms with van der Waals surface area (Å²) in [6.45, 7) is 8.45. The van der Waals surface area contributed by atoms with Crippen LogP contribution in [0.25, 0.3) is 0 Å². The molecular formula is C19H31N3O4S. The lowest BCUT2D eigenvalue weighted by Crippen LogP contribution is -2.55. The van der Waals surface area contributed by atoms with Crippen molar-refractivity contribution >= 4 is 21.8 Å². The molecule has 0 unspecified atom stereocenters. The van der Waals surface area contributed by atoms with Crippen LogP contribution in [-0.2, 0) is 14.8 Å². The topological polar surface area (TPSA) is 102 Å². The number of nitrogens with zero attached hydrogens (tertiary/aromatic N) is 1. The van der Waals surface area contributed by atoms with Crippen LogP contribution in [0.4, 0.5) is 10.5 Å². The molecule has 0 atom stereocenters. The number of hydrogen-bond acceptors (Lipinski definition) is 5. The first-order chi connectivity index (χ1) is 12.5. The summed E-state index contributed by atoms with van der Waals surface area (Å²) in [6, 6.07) is 7.55. The lowest BCUT2D eigenvalue weighted by atomic mass is 10.0. The van der Waals surface area contributed by atoms with Crippen molar-refractivity contribution in [3.8, 4) is 0 Å². The van der Waals surface area contributed by atoms with Crippen molar-refractivity contribution in [2.45, 2.75) is 52.2 Å². The Balaban J connectivity index is 1.89. The first-order valence-electron chi connectivity index (χ1n) is 9.37. The Labute approximate surface area is 162 Å². The number of sulfonamides is 1. The molecule has 1 amide bonds. The van der Waals surface area contributed by atoms with Gasteiger partial charge >= 0.3 is 6.09 Å². The monoisotopic (exact) mass is 397 g/mol. The Bertz CT molecular complexity index is 737. The van der Waals surface area contributed by atoms with Gasteiger partial charge in [-0.25, -0.2) is 17.5 Å². The maximum Gasteiger partial charge on any atom is 0.413 e. The number of anilines is 1. The van der Waals surface area contributed by atoms with Crippen molar-refractivity contribution in [2.75, 3.05) is 24.2 Å². The molecule has 1 aliphatic heterocycles. The molecule has 1 saturated heterocycles. The normalized spacial score (nSPS) is 17.9. The van der Waals surface area contributed by atoms with Gasteiger partial charge in [0.25, 0.3) is 0 Å². The number of hydrogen-bond donors (Lipinski definition) is 2. The minimum absolute atomic E-state index is 0.0590. The number of carbonyl (C=O) groups excluding carboxylic acids is 1. The summed E-state index contributed by atoms with van der Waals surface area (Å²) in [4.78, 5) is 12.2. The Morgan fingerprint density at radius 1 is 1.19 bits per heavy atom. The zero-order valence-electron chi connectivity index (χ0n) is 16.6. The number of nitrogens with two attached hydrogens (primary N) is 1. The summed E-state index contributed by atoms with van der Waals surface area (Å²) in [5.74, 6) is 0.581. The second kappa shape index (κ2) is 8.58. The quantitative estimate of drug-likeness (QED) is 0.718. The van der Waals surface area contributed by atoms with Gasteiger partial charge in [-0.15, -0.1) is 0 Å². The van der Waals surface area contributed by atoms with E-state index in [0.717, 1.165) is 0 Å². The highest BCUT2D eigenvalue weighted by molar-refractivity contribution is 7.89. The molecule has 27 heavy (non-hydrogen) atoms. The zero-order chi connectivity index (χ0) is 20.2. The van der Waals surface area contributed by atoms with E-state index in [2.05, 4.69) is 19.2 Å². The third-order valence-electron chi connectivity index (χ3n) is 4.63. The smallest absolute Gasteiger partial charge is 0.413 e. The molecule has 0 bridgehead atoms. The van der Waals surface area contributed by atoms with Gasteiger partial charge in [-0.3, -0.25) is 11.1 Å². The maximum atomic E-state index is 12.3. The van der Waals surface area contributed by atoms with Crippen molar-refractivity contribution in [1.82, 2.24) is 4.31 Å². The number of ether oxygens (including phenoxy) is 1. The van der Waals surface area contributed by atoms with Gasteiger partial charge in [0, 0.05) is 31.6 Å². The Morgan fingerprint density at radius 3 is 2.22 bits per heavy atom. The van der Waals surface area contributed by atoms with Crippen molar-refractivity contribution in [3.63, 3.8) is 0 Å². The van der Waals surface area contributed by atoms with E-state index in [1.54, 1.807) is 0 Å². The second-order valence-electron chi connectivity index (χ2n) is 7.93. The molecule has 7 nitrogen and oxygen atoms in total. The van der Waals surface area contributed by atoms with E-state index >= 15 is 0 Å². The zero-order valence-corrected chi connectivity index (χ0v) is 17.4. The van der Waals surface area contributed by atoms with Crippen LogP contribution < -0.4 is 11.1 Å². The molecule has 152 valence electrons. The summed E-state index contributed by atoms with van der Waals surface area (Å²) < 4.78 is 31.5. The first-order valence-corrected chi connectivity index (χ1v) is 11.0. The van der Waals surface area contributed by atoms with Gasteiger partial charge in [-0.2, -0.15) is 0 Å². The van der Waals surface area contributed by atoms with E-state index < -0.39 is 21.8 Å². The summed E-state index contributed by atoms with van der Waals surface area (Å²) in [5.41, 5.74) is 6.83. The standard InChI is InChI=1S/C19H31N3O4S/c1-14(2)13-27(24,25)22-11-9-19(20,10-12-22)26-18(23)21-17-7-5-16(6-8-17)15(3)4/h5-8,14-15H,9-13,20H2,1-4H3,(H,21,23). The largest absolute Gasteiger partial charge is 0.428 e. The molecule has 1 heterocycles. The second-order valence-corrected chi connectivity index (χ2v) is 9.94. The fourth-order valence-electron chi connectivity index (χ4n) is 3.05. The molecule has 1 aliphatic rings. The van der Waals surface area contributed by atoms with Crippen molar-refractivity contribution < 1.29 is 17.9 Å². The molecule has 1 aromatic carbocycles. The third-order valence-corrected chi connectivity index (χ3v) is 6.87. The Morgan fingerprint density at radius 2 is 1.74 bits per heavy atom. The van der Waals surface area contributed by atoms with Crippen LogP contribution in [0.5, 0.6) is 0 Å². The molecule has 1 fully saturated rings. The number of amides is 1. The average Bonchev–Trinajstić information content (AvgIpc) is 2.54. The van der Waals surface area contributed by atoms with Crippen LogP contribution in [0.2, 0.25) is 0 Å². The van der Waals surface area contributed by atoms with Gasteiger partial charge < -0.3 is 4.74 Å². The van der Waals surface area contributed by atoms with E-state index in [1.165, 1.54) is 9.87 Å². The van der Waals surface area contributed by atoms with Crippen LogP contribution in [0.3, 0.4) is 0 Å². The number of piperidine rings is 1. The van der Waals surface area contributed by atoms with Crippen molar-refractivity contribution in [3.05, 3.63) is 29.8 Å². The molecular weight excluding hydrogens is 366 g/mol. The molecule has 0 spiro atoms. The van der Waals surface area contributed by atoms with E-state index in [1.807, 2.05) is 38.1 Å². The summed E-state index contributed by atoms with van der Waals surface area (Å²) in [5, 5.41) is 2.68. The first kappa shape index (κ1) is 21.7. The SMILES string of the molecule is CC(C)CS(=O)(=O)N1CCC(N)(OC(=O)Nc2ccc(C(C)C)cc2)CC1. The Kier molecular flexibility index (Phi) is 6.88. The minimum atomic E-state index is -3.30. The van der Waals surface area contributed by atoms with E-state index in [9.17, 15) is 13.2 Å². The fourth-order valence-corrected chi connectivity index (χ4v) is 4.84. The maximum absolute atomic E-state index is 12.3. The van der Waals surface area contributed by atoms with E-state index in [0.29, 0.717) is 11.6 Å². The minimum Gasteiger partial charge on any atom is -0.428 e. The Hall–Kier alpha value is -1.64. The summed E-state index contributed by atoms with van der Waals surface area (Å²) in [7, 11) is -3.30. The molecule has 0 radical (unpaired) electrons. The van der Waals surface area contributed by atoms with E-state index in [4.69, 9.17) is 10.5 Å². The van der Waals surface area contributed by atoms with Gasteiger partial charge in [0.05, 0.1) is 5.75 Å². The molecule has 0 aliphatic carbocycles. The highest BCUT2D eigenvalue weighted by atomic mass is 32.2. The van der Waals surface area contributed by atoms with E-state index in [-0.39, 0.29) is 37.6 Å². The van der Waals surface area contributed by atoms with Crippen LogP contribution >= 0.6 is 0 Å². The third kappa shape index (κ3) is 6.19. The van der Waals surface area contributed by atoms with Gasteiger partial charge in [0.1, 0.15) is 0 Å². The number of rotatable bonds is 6. The molecule has 0 aromatic heterocycles. The average molecular weight is 398 g/mol. The number of benzene rings is 1. The molecule has 1 aromatic rings. The predicted molar refractivity (Wildman–Crippen MR) is 107 cm³/mol. The van der Waals surface area contributed by atoms with Crippen LogP contribution in [0.15, 0.2) is 24.3 Å². The molecule has 3 N–H and O–H groups in total. The lowest BCUT2D eigenvalue weighted by molar-refractivity contribution is -0.0116. The van der Waals surface area contributed by atoms with Crippen LogP contribution in [0, 0.1) is 5.92 Å². The van der Waals surface area contributed by atoms with Gasteiger partial charge in [0.2, 0.25) is 10.0 Å². The lowest BCUT2D eigenvalue weighted by Gasteiger charge is -2.37.